The van der Waals surface area contributed by atoms with Gasteiger partial charge in [-0.2, -0.15) is 23.1 Å². The largest absolute Gasteiger partial charge is 0.508 e. The van der Waals surface area contributed by atoms with E-state index in [4.69, 9.17) is 20.5 Å². The first-order valence-electron chi connectivity index (χ1n) is 15.2. The van der Waals surface area contributed by atoms with Gasteiger partial charge < -0.3 is 20.1 Å². The molecule has 224 valence electrons. The number of ether oxygens (including phenoxy) is 1. The summed E-state index contributed by atoms with van der Waals surface area (Å²) in [4.78, 5) is 26.1. The van der Waals surface area contributed by atoms with E-state index in [9.17, 15) is 27.5 Å². The van der Waals surface area contributed by atoms with Crippen molar-refractivity contribution in [3.05, 3.63) is 45.3 Å². The molecule has 2 bridgehead atoms. The van der Waals surface area contributed by atoms with Gasteiger partial charge in [-0.3, -0.25) is 14.3 Å². The Kier molecular flexibility index (Phi) is 5.76. The van der Waals surface area contributed by atoms with Crippen LogP contribution < -0.4 is 20.5 Å². The Morgan fingerprint density at radius 1 is 1.24 bits per heavy atom. The number of phenols is 1. The van der Waals surface area contributed by atoms with E-state index in [1.165, 1.54) is 11.0 Å². The van der Waals surface area contributed by atoms with Crippen LogP contribution in [0.15, 0.2) is 29.2 Å². The molecule has 14 heteroatoms. The van der Waals surface area contributed by atoms with Gasteiger partial charge in [-0.25, -0.2) is 4.39 Å². The van der Waals surface area contributed by atoms with Crippen LogP contribution in [0.3, 0.4) is 0 Å². The van der Waals surface area contributed by atoms with E-state index in [-0.39, 0.29) is 54.9 Å². The lowest BCUT2D eigenvalue weighted by atomic mass is 9.95. The van der Waals surface area contributed by atoms with Crippen LogP contribution in [0.25, 0.3) is 16.6 Å². The monoisotopic (exact) mass is 611 g/mol. The lowest BCUT2D eigenvalue weighted by Gasteiger charge is -2.34. The highest BCUT2D eigenvalue weighted by molar-refractivity contribution is 6.31. The summed E-state index contributed by atoms with van der Waals surface area (Å²) < 4.78 is 88.5. The number of aromatic hydroxyl groups is 1. The molecule has 42 heavy (non-hydrogen) atoms. The first-order valence-corrected chi connectivity index (χ1v) is 14.1. The van der Waals surface area contributed by atoms with Crippen molar-refractivity contribution < 1.29 is 31.5 Å². The number of fused-ring (bicyclic) bond motifs is 4. The van der Waals surface area contributed by atoms with Crippen molar-refractivity contribution in [2.45, 2.75) is 62.1 Å². The average Bonchev–Trinajstić information content (AvgIpc) is 3.51. The van der Waals surface area contributed by atoms with Crippen LogP contribution in [-0.4, -0.2) is 81.0 Å². The maximum Gasteiger partial charge on any atom is 0.419 e. The molecular formula is C28H29ClF4N6O3. The van der Waals surface area contributed by atoms with Gasteiger partial charge in [0.2, 0.25) is 0 Å². The molecule has 9 nitrogen and oxygen atoms in total. The molecule has 4 aliphatic heterocycles. The van der Waals surface area contributed by atoms with Gasteiger partial charge in [-0.1, -0.05) is 11.6 Å². The van der Waals surface area contributed by atoms with Crippen molar-refractivity contribution in [3.63, 3.8) is 0 Å². The van der Waals surface area contributed by atoms with Gasteiger partial charge >= 0.3 is 12.2 Å². The number of piperazine rings is 1. The van der Waals surface area contributed by atoms with E-state index in [0.29, 0.717) is 23.5 Å². The van der Waals surface area contributed by atoms with E-state index >= 15 is 0 Å². The van der Waals surface area contributed by atoms with Crippen LogP contribution in [0.1, 0.15) is 41.8 Å². The molecule has 0 spiro atoms. The van der Waals surface area contributed by atoms with Gasteiger partial charge in [-0.05, 0) is 44.3 Å². The van der Waals surface area contributed by atoms with Crippen molar-refractivity contribution in [3.8, 4) is 17.4 Å². The van der Waals surface area contributed by atoms with Crippen LogP contribution in [0, 0.1) is 0 Å². The number of nitrogens with zero attached hydrogens (tertiary/aromatic N) is 5. The molecular weight excluding hydrogens is 580 g/mol. The number of benzene rings is 1. The van der Waals surface area contributed by atoms with Crippen LogP contribution in [0.2, 0.25) is 5.02 Å². The smallest absolute Gasteiger partial charge is 0.419 e. The second kappa shape index (κ2) is 9.95. The van der Waals surface area contributed by atoms with E-state index in [1.54, 1.807) is 0 Å². The first-order chi connectivity index (χ1) is 21.1. The number of phenolic OH excluding ortho intramolecular Hbond substituents is 1. The minimum Gasteiger partial charge on any atom is -0.508 e. The second-order valence-electron chi connectivity index (χ2n) is 11.4. The summed E-state index contributed by atoms with van der Waals surface area (Å²) in [6.45, 7) is -1.45. The molecule has 0 saturated carbocycles. The molecule has 0 radical (unpaired) electrons. The van der Waals surface area contributed by atoms with E-state index in [1.807, 2.05) is 4.90 Å². The Morgan fingerprint density at radius 3 is 2.74 bits per heavy atom. The van der Waals surface area contributed by atoms with Crippen LogP contribution in [-0.2, 0) is 6.18 Å². The molecule has 4 aliphatic rings. The quantitative estimate of drug-likeness (QED) is 0.417. The van der Waals surface area contributed by atoms with E-state index in [0.717, 1.165) is 31.2 Å². The first kappa shape index (κ1) is 24.3. The topological polar surface area (TPSA) is 95.8 Å². The van der Waals surface area contributed by atoms with Gasteiger partial charge in [0.15, 0.2) is 0 Å². The molecule has 4 fully saturated rings. The number of nitrogens with one attached hydrogen (secondary N) is 1. The van der Waals surface area contributed by atoms with Crippen molar-refractivity contribution in [2.24, 2.45) is 0 Å². The third-order valence-corrected chi connectivity index (χ3v) is 8.91. The summed E-state index contributed by atoms with van der Waals surface area (Å²) in [6.07, 6.45) is -4.28. The predicted octanol–water partition coefficient (Wildman–Crippen LogP) is 4.05. The number of alkyl halides is 4. The zero-order chi connectivity index (χ0) is 32.1. The normalized spacial score (nSPS) is 31.6. The lowest BCUT2D eigenvalue weighted by molar-refractivity contribution is -0.137. The Morgan fingerprint density at radius 2 is 2.00 bits per heavy atom. The molecule has 3 aromatic rings. The number of pyridine rings is 1. The van der Waals surface area contributed by atoms with Gasteiger partial charge in [0.1, 0.15) is 29.8 Å². The number of anilines is 1. The minimum absolute atomic E-state index is 0.110. The molecule has 0 aliphatic carbocycles. The number of hydrogen-bond acceptors (Lipinski definition) is 8. The molecule has 0 unspecified atom stereocenters. The highest BCUT2D eigenvalue weighted by atomic mass is 35.5. The number of aromatic nitrogens is 3. The van der Waals surface area contributed by atoms with Crippen molar-refractivity contribution in [1.29, 1.82) is 0 Å². The highest BCUT2D eigenvalue weighted by Gasteiger charge is 2.49. The molecule has 6 heterocycles. The minimum atomic E-state index is -4.96. The Balaban J connectivity index is 1.35. The zero-order valence-electron chi connectivity index (χ0n) is 25.2. The Hall–Kier alpha value is -3.16. The summed E-state index contributed by atoms with van der Waals surface area (Å²) in [6, 6.07) is 3.02. The third-order valence-electron chi connectivity index (χ3n) is 8.62. The lowest BCUT2D eigenvalue weighted by Crippen LogP contribution is -2.51. The molecule has 4 atom stereocenters. The van der Waals surface area contributed by atoms with Gasteiger partial charge in [-0.15, -0.1) is 0 Å². The fourth-order valence-corrected chi connectivity index (χ4v) is 7.03. The van der Waals surface area contributed by atoms with Crippen molar-refractivity contribution in [1.82, 2.24) is 24.8 Å². The van der Waals surface area contributed by atoms with Crippen LogP contribution in [0.4, 0.5) is 23.4 Å². The number of halogens is 5. The van der Waals surface area contributed by atoms with Crippen LogP contribution in [0.5, 0.6) is 11.8 Å². The molecule has 2 N–H and O–H groups in total. The SMILES string of the molecule is [2H]C1([2H])CC[C@@]2(COc3nc(N4C[C@H]5CC[C@@H](C4)N5)c4ccn(-c5cc(O)cc(Cl)c5C(F)(F)F)c(=O)c4n3)C[C@@]([2H])(F)CN12. The summed E-state index contributed by atoms with van der Waals surface area (Å²) in [5.41, 5.74) is -4.35. The maximum absolute atomic E-state index is 14.9. The van der Waals surface area contributed by atoms with Gasteiger partial charge in [0.05, 0.1) is 28.6 Å². The second-order valence-corrected chi connectivity index (χ2v) is 11.8. The predicted molar refractivity (Wildman–Crippen MR) is 148 cm³/mol. The summed E-state index contributed by atoms with van der Waals surface area (Å²) in [5, 5.41) is 13.1. The van der Waals surface area contributed by atoms with Crippen LogP contribution >= 0.6 is 11.6 Å². The van der Waals surface area contributed by atoms with Crippen molar-refractivity contribution in [2.75, 3.05) is 37.6 Å². The van der Waals surface area contributed by atoms with Gasteiger partial charge in [0.25, 0.3) is 5.56 Å². The highest BCUT2D eigenvalue weighted by Crippen LogP contribution is 2.42. The number of hydrogen-bond donors (Lipinski definition) is 2. The third kappa shape index (κ3) is 4.65. The fraction of sp³-hybridized carbons (Fsp3) is 0.536. The van der Waals surface area contributed by atoms with Gasteiger partial charge in [0, 0.05) is 53.1 Å². The molecule has 2 aromatic heterocycles. The summed E-state index contributed by atoms with van der Waals surface area (Å²) >= 11 is 5.89. The summed E-state index contributed by atoms with van der Waals surface area (Å²) in [7, 11) is 0. The number of rotatable bonds is 5. The standard InChI is InChI=1S/C28H29ClF4N6O3/c29-20-8-18(40)9-21(22(20)28(31,32)33)39-7-4-19-23(25(39)41)35-26(36-24(19)37-12-16-2-3-17(13-37)34-16)42-14-27-5-1-6-38(27)11-15(30)10-27/h4,7-9,15-17,34,40H,1-3,5-6,10-14H2/t15-,16-,17+,27+/m1/s1/i6D2,15D. The molecule has 1 aromatic carbocycles. The maximum atomic E-state index is 14.9. The Bertz CT molecular complexity index is 1750. The summed E-state index contributed by atoms with van der Waals surface area (Å²) in [5.74, 6) is -0.237. The van der Waals surface area contributed by atoms with E-state index in [2.05, 4.69) is 15.3 Å². The molecule has 4 saturated heterocycles. The van der Waals surface area contributed by atoms with E-state index < -0.39 is 58.5 Å². The Labute approximate surface area is 247 Å². The van der Waals surface area contributed by atoms with Crippen molar-refractivity contribution >= 4 is 28.3 Å². The molecule has 0 amide bonds. The zero-order valence-corrected chi connectivity index (χ0v) is 23.0. The fourth-order valence-electron chi connectivity index (χ4n) is 6.72. The average molecular weight is 612 g/mol. The molecule has 7 rings (SSSR count).